The van der Waals surface area contributed by atoms with Crippen LogP contribution in [0.2, 0.25) is 0 Å². The normalized spacial score (nSPS) is 13.8. The molecule has 0 aromatic carbocycles. The van der Waals surface area contributed by atoms with Gasteiger partial charge in [0.15, 0.2) is 0 Å². The number of carbonyl (C=O) groups is 1. The lowest BCUT2D eigenvalue weighted by Crippen LogP contribution is -2.37. The third kappa shape index (κ3) is 49.7. The second kappa shape index (κ2) is 46.3. The van der Waals surface area contributed by atoms with Gasteiger partial charge in [0.05, 0.1) is 34.4 Å². The zero-order chi connectivity index (χ0) is 45.5. The van der Waals surface area contributed by atoms with Gasteiger partial charge in [-0.3, -0.25) is 13.8 Å². The maximum absolute atomic E-state index is 12.8. The predicted molar refractivity (Wildman–Crippen MR) is 266 cm³/mol. The van der Waals surface area contributed by atoms with E-state index in [0.717, 1.165) is 44.9 Å². The third-order valence-electron chi connectivity index (χ3n) is 11.5. The van der Waals surface area contributed by atoms with Gasteiger partial charge in [-0.05, 0) is 51.4 Å². The summed E-state index contributed by atoms with van der Waals surface area (Å²) < 4.78 is 35.2. The van der Waals surface area contributed by atoms with Crippen LogP contribution in [0.3, 0.4) is 0 Å². The van der Waals surface area contributed by atoms with Crippen LogP contribution in [0, 0.1) is 0 Å². The molecule has 0 heterocycles. The summed E-state index contributed by atoms with van der Waals surface area (Å²) in [5, 5.41) is 0. The Morgan fingerprint density at radius 1 is 0.500 bits per heavy atom. The van der Waals surface area contributed by atoms with Crippen molar-refractivity contribution in [2.45, 2.75) is 245 Å². The highest BCUT2D eigenvalue weighted by atomic mass is 31.2. The van der Waals surface area contributed by atoms with Gasteiger partial charge in [-0.15, -0.1) is 0 Å². The largest absolute Gasteiger partial charge is 0.472 e. The molecule has 0 rings (SSSR count). The van der Waals surface area contributed by atoms with Crippen molar-refractivity contribution in [2.24, 2.45) is 0 Å². The summed E-state index contributed by atoms with van der Waals surface area (Å²) in [6, 6.07) is 0. The summed E-state index contributed by atoms with van der Waals surface area (Å²) in [5.41, 5.74) is 0. The molecule has 366 valence electrons. The van der Waals surface area contributed by atoms with Gasteiger partial charge >= 0.3 is 13.8 Å². The molecule has 2 atom stereocenters. The first-order valence-corrected chi connectivity index (χ1v) is 27.7. The number of carbonyl (C=O) groups excluding carboxylic acids is 1. The molecule has 1 N–H and O–H groups in total. The third-order valence-corrected chi connectivity index (χ3v) is 12.4. The number of unbranched alkanes of at least 4 members (excludes halogenated alkanes) is 29. The predicted octanol–water partition coefficient (Wildman–Crippen LogP) is 16.1. The van der Waals surface area contributed by atoms with Crippen LogP contribution < -0.4 is 0 Å². The smallest absolute Gasteiger partial charge is 0.457 e. The van der Waals surface area contributed by atoms with Crippen molar-refractivity contribution in [3.8, 4) is 0 Å². The highest BCUT2D eigenvalue weighted by Gasteiger charge is 2.26. The number of likely N-dealkylation sites (N-methyl/N-ethyl adjacent to an activating group) is 1. The van der Waals surface area contributed by atoms with Crippen molar-refractivity contribution in [3.63, 3.8) is 0 Å². The Balaban J connectivity index is 4.11. The molecule has 0 aromatic heterocycles. The molecule has 8 nitrogen and oxygen atoms in total. The number of rotatable bonds is 49. The molecule has 0 aliphatic heterocycles. The van der Waals surface area contributed by atoms with Gasteiger partial charge in [0.2, 0.25) is 0 Å². The van der Waals surface area contributed by atoms with E-state index in [1.807, 2.05) is 21.1 Å². The first-order chi connectivity index (χ1) is 30.1. The number of ether oxygens (including phenoxy) is 2. The highest BCUT2D eigenvalue weighted by Crippen LogP contribution is 2.43. The van der Waals surface area contributed by atoms with E-state index in [9.17, 15) is 14.3 Å². The Morgan fingerprint density at radius 3 is 1.32 bits per heavy atom. The average Bonchev–Trinajstić information content (AvgIpc) is 3.23. The molecular weight excluding hydrogens is 794 g/mol. The number of allylic oxidation sites excluding steroid dienone is 6. The fourth-order valence-corrected chi connectivity index (χ4v) is 8.13. The number of nitrogens with zero attached hydrogens (tertiary/aromatic N) is 1. The molecule has 0 bridgehead atoms. The first kappa shape index (κ1) is 60.7. The van der Waals surface area contributed by atoms with E-state index in [-0.39, 0.29) is 25.8 Å². The molecule has 0 amide bonds. The minimum absolute atomic E-state index is 0.0887. The van der Waals surface area contributed by atoms with E-state index in [1.165, 1.54) is 173 Å². The summed E-state index contributed by atoms with van der Waals surface area (Å²) in [7, 11) is 1.67. The lowest BCUT2D eigenvalue weighted by Gasteiger charge is -2.24. The van der Waals surface area contributed by atoms with Gasteiger partial charge in [-0.1, -0.05) is 217 Å². The zero-order valence-electron chi connectivity index (χ0n) is 41.6. The van der Waals surface area contributed by atoms with Gasteiger partial charge < -0.3 is 18.9 Å². The van der Waals surface area contributed by atoms with Crippen molar-refractivity contribution >= 4 is 13.8 Å². The Kier molecular flexibility index (Phi) is 45.3. The lowest BCUT2D eigenvalue weighted by atomic mass is 10.0. The second-order valence-corrected chi connectivity index (χ2v) is 20.4. The van der Waals surface area contributed by atoms with E-state index >= 15 is 0 Å². The van der Waals surface area contributed by atoms with Crippen molar-refractivity contribution in [3.05, 3.63) is 36.5 Å². The van der Waals surface area contributed by atoms with Crippen LogP contribution in [-0.2, 0) is 27.9 Å². The fraction of sp³-hybridized carbons (Fsp3) is 0.868. The zero-order valence-corrected chi connectivity index (χ0v) is 42.5. The fourth-order valence-electron chi connectivity index (χ4n) is 7.39. The molecule has 0 aliphatic rings. The molecule has 0 radical (unpaired) electrons. The number of hydrogen-bond donors (Lipinski definition) is 1. The number of esters is 1. The quantitative estimate of drug-likeness (QED) is 0.0214. The second-order valence-electron chi connectivity index (χ2n) is 18.9. The Morgan fingerprint density at radius 2 is 0.887 bits per heavy atom. The molecular formula is C53H103NO7P+. The Labute approximate surface area is 385 Å². The Hall–Kier alpha value is -1.28. The van der Waals surface area contributed by atoms with Crippen LogP contribution in [-0.4, -0.2) is 75.6 Å². The SMILES string of the molecule is CCCCCCC/C=C\C/C=C\C/C=C\CCCCCCCCCCCOCC(COP(=O)(O)OCC[N+](C)(C)C)OC(=O)CCCCCCCCCCCCCCCCCC. The van der Waals surface area contributed by atoms with Crippen molar-refractivity contribution in [1.29, 1.82) is 0 Å². The molecule has 0 spiro atoms. The summed E-state index contributed by atoms with van der Waals surface area (Å²) in [6.45, 7) is 5.64. The molecule has 0 saturated heterocycles. The van der Waals surface area contributed by atoms with E-state index in [4.69, 9.17) is 18.5 Å². The number of phosphoric ester groups is 1. The van der Waals surface area contributed by atoms with Crippen LogP contribution in [0.5, 0.6) is 0 Å². The molecule has 62 heavy (non-hydrogen) atoms. The molecule has 9 heteroatoms. The van der Waals surface area contributed by atoms with Crippen molar-refractivity contribution in [1.82, 2.24) is 0 Å². The number of phosphoric acid groups is 1. The number of quaternary nitrogens is 1. The van der Waals surface area contributed by atoms with Crippen LogP contribution in [0.15, 0.2) is 36.5 Å². The monoisotopic (exact) mass is 897 g/mol. The van der Waals surface area contributed by atoms with Gasteiger partial charge in [-0.25, -0.2) is 4.57 Å². The van der Waals surface area contributed by atoms with Crippen LogP contribution in [0.25, 0.3) is 0 Å². The average molecular weight is 897 g/mol. The molecule has 0 aliphatic carbocycles. The van der Waals surface area contributed by atoms with Gasteiger partial charge in [-0.2, -0.15) is 0 Å². The topological polar surface area (TPSA) is 91.3 Å². The molecule has 2 unspecified atom stereocenters. The van der Waals surface area contributed by atoms with Gasteiger partial charge in [0, 0.05) is 13.0 Å². The minimum atomic E-state index is -4.28. The first-order valence-electron chi connectivity index (χ1n) is 26.2. The summed E-state index contributed by atoms with van der Waals surface area (Å²) >= 11 is 0. The minimum Gasteiger partial charge on any atom is -0.457 e. The van der Waals surface area contributed by atoms with Crippen LogP contribution >= 0.6 is 7.82 Å². The molecule has 0 saturated carbocycles. The lowest BCUT2D eigenvalue weighted by molar-refractivity contribution is -0.870. The maximum atomic E-state index is 12.8. The van der Waals surface area contributed by atoms with Crippen LogP contribution in [0.4, 0.5) is 0 Å². The summed E-state index contributed by atoms with van der Waals surface area (Å²) in [6.07, 6.45) is 56.2. The van der Waals surface area contributed by atoms with Crippen molar-refractivity contribution in [2.75, 3.05) is 54.1 Å². The van der Waals surface area contributed by atoms with E-state index in [2.05, 4.69) is 50.3 Å². The van der Waals surface area contributed by atoms with Gasteiger partial charge in [0.25, 0.3) is 0 Å². The van der Waals surface area contributed by atoms with Gasteiger partial charge in [0.1, 0.15) is 19.3 Å². The van der Waals surface area contributed by atoms with Crippen LogP contribution in [0.1, 0.15) is 239 Å². The van der Waals surface area contributed by atoms with E-state index in [1.54, 1.807) is 0 Å². The van der Waals surface area contributed by atoms with Crippen molar-refractivity contribution < 1.29 is 37.3 Å². The molecule has 0 aromatic rings. The summed E-state index contributed by atoms with van der Waals surface area (Å²) in [5.74, 6) is -0.312. The standard InChI is InChI=1S/C53H102NO7P/c1-6-8-10-12-14-16-18-20-22-24-25-26-27-28-29-30-31-33-35-37-39-41-43-45-48-58-50-52(51-60-62(56,57)59-49-47-54(3,4)5)61-53(55)46-44-42-40-38-36-34-32-23-21-19-17-15-13-11-9-7-2/h18,20,24-25,27-28,52H,6-17,19,21-23,26,29-51H2,1-5H3/p+1/b20-18-,25-24-,28-27-. The number of hydrogen-bond acceptors (Lipinski definition) is 6. The molecule has 0 fully saturated rings. The van der Waals surface area contributed by atoms with E-state index < -0.39 is 13.9 Å². The Bertz CT molecular complexity index is 1090. The highest BCUT2D eigenvalue weighted by molar-refractivity contribution is 7.47. The maximum Gasteiger partial charge on any atom is 0.472 e. The summed E-state index contributed by atoms with van der Waals surface area (Å²) in [4.78, 5) is 23.0. The van der Waals surface area contributed by atoms with E-state index in [0.29, 0.717) is 24.1 Å².